The lowest BCUT2D eigenvalue weighted by Gasteiger charge is -2.33. The zero-order valence-corrected chi connectivity index (χ0v) is 21.3. The second-order valence-corrected chi connectivity index (χ2v) is 11.0. The van der Waals surface area contributed by atoms with Gasteiger partial charge in [-0.3, -0.25) is 14.3 Å². The molecule has 37 heavy (non-hydrogen) atoms. The number of hydrogen-bond acceptors (Lipinski definition) is 4. The molecule has 1 amide bonds. The molecule has 1 atom stereocenters. The third-order valence-electron chi connectivity index (χ3n) is 8.17. The number of fused-ring (bicyclic) bond motifs is 1. The van der Waals surface area contributed by atoms with E-state index in [0.717, 1.165) is 25.7 Å². The van der Waals surface area contributed by atoms with Crippen LogP contribution in [0.25, 0.3) is 10.9 Å². The molecule has 204 valence electrons. The van der Waals surface area contributed by atoms with Crippen molar-refractivity contribution in [1.82, 2.24) is 15.1 Å². The number of rotatable bonds is 8. The molecule has 0 spiro atoms. The summed E-state index contributed by atoms with van der Waals surface area (Å²) in [6.45, 7) is 0.203. The highest BCUT2D eigenvalue weighted by molar-refractivity contribution is 6.35. The van der Waals surface area contributed by atoms with Gasteiger partial charge in [-0.15, -0.1) is 0 Å². The van der Waals surface area contributed by atoms with Gasteiger partial charge in [0, 0.05) is 18.4 Å². The van der Waals surface area contributed by atoms with Crippen LogP contribution in [0.5, 0.6) is 0 Å². The van der Waals surface area contributed by atoms with Crippen LogP contribution in [0.15, 0.2) is 18.3 Å². The summed E-state index contributed by atoms with van der Waals surface area (Å²) in [7, 11) is 0. The summed E-state index contributed by atoms with van der Waals surface area (Å²) in [5.74, 6) is -2.20. The van der Waals surface area contributed by atoms with Crippen LogP contribution < -0.4 is 5.32 Å². The van der Waals surface area contributed by atoms with Gasteiger partial charge in [0.15, 0.2) is 0 Å². The van der Waals surface area contributed by atoms with Gasteiger partial charge >= 0.3 is 12.1 Å². The predicted octanol–water partition coefficient (Wildman–Crippen LogP) is 5.43. The number of hydrogen-bond donors (Lipinski definition) is 3. The van der Waals surface area contributed by atoms with Crippen LogP contribution in [0.2, 0.25) is 5.02 Å². The van der Waals surface area contributed by atoms with Crippen LogP contribution in [-0.4, -0.2) is 50.7 Å². The topological polar surface area (TPSA) is 104 Å². The Morgan fingerprint density at radius 3 is 2.32 bits per heavy atom. The van der Waals surface area contributed by atoms with Crippen LogP contribution in [0, 0.1) is 23.7 Å². The van der Waals surface area contributed by atoms with E-state index in [0.29, 0.717) is 40.9 Å². The number of carbonyl (C=O) groups excluding carboxylic acids is 1. The Labute approximate surface area is 218 Å². The fourth-order valence-electron chi connectivity index (χ4n) is 6.01. The minimum atomic E-state index is -4.15. The summed E-state index contributed by atoms with van der Waals surface area (Å²) in [5, 5.41) is 27.3. The van der Waals surface area contributed by atoms with E-state index in [1.165, 1.54) is 0 Å². The Hall–Kier alpha value is -2.33. The smallest absolute Gasteiger partial charge is 0.391 e. The van der Waals surface area contributed by atoms with Gasteiger partial charge in [0.2, 0.25) is 0 Å². The van der Waals surface area contributed by atoms with E-state index in [2.05, 4.69) is 10.4 Å². The summed E-state index contributed by atoms with van der Waals surface area (Å²) in [4.78, 5) is 24.2. The molecule has 2 saturated carbocycles. The van der Waals surface area contributed by atoms with Gasteiger partial charge in [-0.2, -0.15) is 18.3 Å². The largest absolute Gasteiger partial charge is 0.481 e. The molecule has 7 nitrogen and oxygen atoms in total. The Morgan fingerprint density at radius 1 is 1.08 bits per heavy atom. The second-order valence-electron chi connectivity index (χ2n) is 10.6. The molecule has 1 aromatic carbocycles. The highest BCUT2D eigenvalue weighted by Crippen LogP contribution is 2.40. The van der Waals surface area contributed by atoms with Crippen molar-refractivity contribution in [1.29, 1.82) is 0 Å². The summed E-state index contributed by atoms with van der Waals surface area (Å²) in [6, 6.07) is 2.77. The first-order chi connectivity index (χ1) is 17.6. The molecule has 2 fully saturated rings. The number of benzene rings is 1. The number of amides is 1. The van der Waals surface area contributed by atoms with Crippen molar-refractivity contribution in [3.8, 4) is 0 Å². The minimum Gasteiger partial charge on any atom is -0.481 e. The molecule has 2 aromatic rings. The maximum atomic E-state index is 13.2. The Balaban J connectivity index is 1.43. The molecule has 11 heteroatoms. The number of halogens is 4. The van der Waals surface area contributed by atoms with Crippen LogP contribution >= 0.6 is 11.6 Å². The van der Waals surface area contributed by atoms with E-state index >= 15 is 0 Å². The molecule has 0 saturated heterocycles. The van der Waals surface area contributed by atoms with Gasteiger partial charge in [0.25, 0.3) is 5.91 Å². The standard InChI is InChI=1S/C26H33ClF3N3O4/c27-21-10-9-19(25(37)32-22(14-34)17-5-1-15(2-6-17)11-23(35)36)20-12-31-33(24(20)21)13-16-3-7-18(8-4-16)26(28,29)30/h9-10,12,15-18,22,34H,1-8,11,13-14H2,(H,32,37)(H,35,36). The number of nitrogens with zero attached hydrogens (tertiary/aromatic N) is 2. The summed E-state index contributed by atoms with van der Waals surface area (Å²) >= 11 is 6.46. The molecule has 2 aliphatic carbocycles. The molecular weight excluding hydrogens is 511 g/mol. The van der Waals surface area contributed by atoms with Crippen LogP contribution in [0.4, 0.5) is 13.2 Å². The zero-order chi connectivity index (χ0) is 26.7. The lowest BCUT2D eigenvalue weighted by Crippen LogP contribution is -2.44. The number of aromatic nitrogens is 2. The molecular formula is C26H33ClF3N3O4. The van der Waals surface area contributed by atoms with Crippen molar-refractivity contribution < 1.29 is 33.0 Å². The van der Waals surface area contributed by atoms with Gasteiger partial charge in [0.1, 0.15) is 0 Å². The van der Waals surface area contributed by atoms with E-state index < -0.39 is 24.1 Å². The van der Waals surface area contributed by atoms with Crippen molar-refractivity contribution in [2.24, 2.45) is 23.7 Å². The number of carbonyl (C=O) groups is 2. The maximum absolute atomic E-state index is 13.2. The number of aliphatic hydroxyl groups excluding tert-OH is 1. The Kier molecular flexibility index (Phi) is 8.68. The number of carboxylic acid groups (broad SMARTS) is 1. The number of nitrogens with one attached hydrogen (secondary N) is 1. The van der Waals surface area contributed by atoms with Gasteiger partial charge < -0.3 is 15.5 Å². The van der Waals surface area contributed by atoms with Crippen molar-refractivity contribution in [3.63, 3.8) is 0 Å². The van der Waals surface area contributed by atoms with Crippen LogP contribution in [0.1, 0.15) is 68.1 Å². The average molecular weight is 544 g/mol. The van der Waals surface area contributed by atoms with Crippen LogP contribution in [0.3, 0.4) is 0 Å². The summed E-state index contributed by atoms with van der Waals surface area (Å²) in [5.41, 5.74) is 0.937. The summed E-state index contributed by atoms with van der Waals surface area (Å²) in [6.07, 6.45) is 1.61. The number of aliphatic hydroxyl groups is 1. The molecule has 3 N–H and O–H groups in total. The third kappa shape index (κ3) is 6.57. The minimum absolute atomic E-state index is 0.0465. The third-order valence-corrected chi connectivity index (χ3v) is 8.48. The van der Waals surface area contributed by atoms with Gasteiger partial charge in [0.05, 0.1) is 40.9 Å². The first-order valence-corrected chi connectivity index (χ1v) is 13.3. The van der Waals surface area contributed by atoms with E-state index in [4.69, 9.17) is 16.7 Å². The van der Waals surface area contributed by atoms with E-state index in [-0.39, 0.29) is 49.5 Å². The zero-order valence-electron chi connectivity index (χ0n) is 20.5. The Bertz CT molecular complexity index is 1110. The van der Waals surface area contributed by atoms with Crippen molar-refractivity contribution in [2.45, 2.75) is 76.6 Å². The fraction of sp³-hybridized carbons (Fsp3) is 0.654. The first-order valence-electron chi connectivity index (χ1n) is 12.9. The number of alkyl halides is 3. The van der Waals surface area contributed by atoms with E-state index in [1.807, 2.05) is 0 Å². The molecule has 2 aliphatic rings. The highest BCUT2D eigenvalue weighted by atomic mass is 35.5. The molecule has 1 unspecified atom stereocenters. The SMILES string of the molecule is O=C(O)CC1CCC(C(CO)NC(=O)c2ccc(Cl)c3c2cnn3CC2CCC(C(F)(F)F)CC2)CC1. The number of aliphatic carboxylic acids is 1. The van der Waals surface area contributed by atoms with Gasteiger partial charge in [-0.1, -0.05) is 11.6 Å². The molecule has 1 aromatic heterocycles. The van der Waals surface area contributed by atoms with E-state index in [1.54, 1.807) is 23.0 Å². The maximum Gasteiger partial charge on any atom is 0.391 e. The quantitative estimate of drug-likeness (QED) is 0.412. The average Bonchev–Trinajstić information content (AvgIpc) is 3.27. The Morgan fingerprint density at radius 2 is 1.73 bits per heavy atom. The van der Waals surface area contributed by atoms with Crippen molar-refractivity contribution in [3.05, 3.63) is 28.9 Å². The summed E-state index contributed by atoms with van der Waals surface area (Å²) < 4.78 is 40.7. The highest BCUT2D eigenvalue weighted by Gasteiger charge is 2.41. The molecule has 0 radical (unpaired) electrons. The molecule has 0 bridgehead atoms. The lowest BCUT2D eigenvalue weighted by atomic mass is 9.77. The monoisotopic (exact) mass is 543 g/mol. The van der Waals surface area contributed by atoms with E-state index in [9.17, 15) is 27.9 Å². The fourth-order valence-corrected chi connectivity index (χ4v) is 6.28. The molecule has 1 heterocycles. The van der Waals surface area contributed by atoms with Gasteiger partial charge in [-0.25, -0.2) is 0 Å². The lowest BCUT2D eigenvalue weighted by molar-refractivity contribution is -0.184. The molecule has 0 aliphatic heterocycles. The predicted molar refractivity (Wildman–Crippen MR) is 132 cm³/mol. The first kappa shape index (κ1) is 27.7. The normalized spacial score (nSPS) is 25.6. The van der Waals surface area contributed by atoms with Crippen molar-refractivity contribution >= 4 is 34.4 Å². The second kappa shape index (κ2) is 11.6. The van der Waals surface area contributed by atoms with Crippen molar-refractivity contribution in [2.75, 3.05) is 6.61 Å². The number of carboxylic acids is 1. The van der Waals surface area contributed by atoms with Gasteiger partial charge in [-0.05, 0) is 81.3 Å². The van der Waals surface area contributed by atoms with Crippen LogP contribution in [-0.2, 0) is 11.3 Å². The molecule has 4 rings (SSSR count).